The summed E-state index contributed by atoms with van der Waals surface area (Å²) in [5, 5.41) is 2.58. The van der Waals surface area contributed by atoms with E-state index in [9.17, 15) is 4.79 Å². The van der Waals surface area contributed by atoms with Crippen molar-refractivity contribution in [3.63, 3.8) is 0 Å². The van der Waals surface area contributed by atoms with Crippen LogP contribution in [0.1, 0.15) is 12.0 Å². The third kappa shape index (κ3) is 2.91. The molecule has 4 heteroatoms. The lowest BCUT2D eigenvalue weighted by molar-refractivity contribution is -0.120. The number of amides is 1. The second-order valence-electron chi connectivity index (χ2n) is 2.88. The number of hydrogen-bond acceptors (Lipinski definition) is 2. The van der Waals surface area contributed by atoms with Gasteiger partial charge in [-0.3, -0.25) is 4.79 Å². The Morgan fingerprint density at radius 1 is 1.69 bits per heavy atom. The number of aryl methyl sites for hydroxylation is 1. The van der Waals surface area contributed by atoms with Gasteiger partial charge in [0.05, 0.1) is 0 Å². The number of carbonyl (C=O) groups excluding carboxylic acids is 1. The first kappa shape index (κ1) is 9.80. The predicted octanol–water partition coefficient (Wildman–Crippen LogP) is 0.0829. The molecule has 0 aliphatic heterocycles. The summed E-state index contributed by atoms with van der Waals surface area (Å²) in [6, 6.07) is 1.96. The van der Waals surface area contributed by atoms with Crippen molar-refractivity contribution in [2.24, 2.45) is 5.73 Å². The first-order valence-corrected chi connectivity index (χ1v) is 4.31. The monoisotopic (exact) mass is 181 g/mol. The van der Waals surface area contributed by atoms with Gasteiger partial charge in [0.25, 0.3) is 0 Å². The zero-order chi connectivity index (χ0) is 9.68. The van der Waals surface area contributed by atoms with Crippen LogP contribution in [0.5, 0.6) is 0 Å². The summed E-state index contributed by atoms with van der Waals surface area (Å²) in [7, 11) is 1.64. The molecule has 13 heavy (non-hydrogen) atoms. The number of aromatic nitrogens is 1. The molecule has 0 fully saturated rings. The van der Waals surface area contributed by atoms with E-state index >= 15 is 0 Å². The first-order valence-electron chi connectivity index (χ1n) is 4.31. The molecule has 0 radical (unpaired) electrons. The van der Waals surface area contributed by atoms with E-state index in [-0.39, 0.29) is 5.91 Å². The van der Waals surface area contributed by atoms with E-state index in [0.717, 1.165) is 5.56 Å². The van der Waals surface area contributed by atoms with E-state index in [0.29, 0.717) is 19.5 Å². The van der Waals surface area contributed by atoms with Gasteiger partial charge in [-0.1, -0.05) is 0 Å². The van der Waals surface area contributed by atoms with Crippen molar-refractivity contribution >= 4 is 5.91 Å². The number of nitrogens with zero attached hydrogens (tertiary/aromatic N) is 1. The van der Waals surface area contributed by atoms with Crippen LogP contribution in [0, 0.1) is 0 Å². The van der Waals surface area contributed by atoms with Crippen molar-refractivity contribution in [2.75, 3.05) is 7.05 Å². The Morgan fingerprint density at radius 2 is 2.46 bits per heavy atom. The van der Waals surface area contributed by atoms with Crippen molar-refractivity contribution in [3.05, 3.63) is 24.0 Å². The lowest BCUT2D eigenvalue weighted by atomic mass is 10.3. The van der Waals surface area contributed by atoms with Crippen LogP contribution in [-0.4, -0.2) is 17.5 Å². The fraction of sp³-hybridized carbons (Fsp3) is 0.444. The highest BCUT2D eigenvalue weighted by molar-refractivity contribution is 5.75. The van der Waals surface area contributed by atoms with Gasteiger partial charge in [0, 0.05) is 39.0 Å². The van der Waals surface area contributed by atoms with Crippen LogP contribution in [0.3, 0.4) is 0 Å². The second kappa shape index (κ2) is 4.67. The standard InChI is InChI=1S/C9H15N3O/c1-11-9(13)3-5-12-4-2-8(6-10)7-12/h2,4,7H,3,5-6,10H2,1H3,(H,11,13). The van der Waals surface area contributed by atoms with E-state index in [1.807, 2.05) is 23.0 Å². The maximum atomic E-state index is 10.9. The molecule has 0 spiro atoms. The van der Waals surface area contributed by atoms with Crippen LogP contribution in [0.4, 0.5) is 0 Å². The minimum atomic E-state index is 0.0583. The lowest BCUT2D eigenvalue weighted by Crippen LogP contribution is -2.19. The van der Waals surface area contributed by atoms with E-state index in [2.05, 4.69) is 5.32 Å². The highest BCUT2D eigenvalue weighted by Gasteiger charge is 1.98. The quantitative estimate of drug-likeness (QED) is 0.691. The van der Waals surface area contributed by atoms with E-state index < -0.39 is 0 Å². The average Bonchev–Trinajstić information content (AvgIpc) is 2.61. The molecule has 0 saturated heterocycles. The highest BCUT2D eigenvalue weighted by Crippen LogP contribution is 2.00. The van der Waals surface area contributed by atoms with Gasteiger partial charge in [0.1, 0.15) is 0 Å². The Balaban J connectivity index is 2.41. The summed E-state index contributed by atoms with van der Waals surface area (Å²) in [5.74, 6) is 0.0583. The molecule has 0 saturated carbocycles. The zero-order valence-electron chi connectivity index (χ0n) is 7.79. The molecule has 3 N–H and O–H groups in total. The average molecular weight is 181 g/mol. The molecule has 1 aromatic heterocycles. The van der Waals surface area contributed by atoms with Gasteiger partial charge in [-0.2, -0.15) is 0 Å². The van der Waals surface area contributed by atoms with Crippen LogP contribution >= 0.6 is 0 Å². The molecule has 0 aliphatic rings. The van der Waals surface area contributed by atoms with Crippen LogP contribution in [0.2, 0.25) is 0 Å². The van der Waals surface area contributed by atoms with E-state index in [1.165, 1.54) is 0 Å². The predicted molar refractivity (Wildman–Crippen MR) is 51.0 cm³/mol. The minimum absolute atomic E-state index is 0.0583. The number of hydrogen-bond donors (Lipinski definition) is 2. The Hall–Kier alpha value is -1.29. The molecule has 0 bridgehead atoms. The molecule has 0 unspecified atom stereocenters. The summed E-state index contributed by atoms with van der Waals surface area (Å²) >= 11 is 0. The van der Waals surface area contributed by atoms with Crippen LogP contribution in [0.25, 0.3) is 0 Å². The van der Waals surface area contributed by atoms with Gasteiger partial charge >= 0.3 is 0 Å². The highest BCUT2D eigenvalue weighted by atomic mass is 16.1. The molecule has 0 aromatic carbocycles. The van der Waals surface area contributed by atoms with Crippen molar-refractivity contribution in [1.29, 1.82) is 0 Å². The fourth-order valence-corrected chi connectivity index (χ4v) is 1.11. The van der Waals surface area contributed by atoms with E-state index in [1.54, 1.807) is 7.05 Å². The topological polar surface area (TPSA) is 60.0 Å². The normalized spacial score (nSPS) is 10.0. The number of rotatable bonds is 4. The van der Waals surface area contributed by atoms with Gasteiger partial charge in [0.2, 0.25) is 5.91 Å². The molecular weight excluding hydrogens is 166 g/mol. The molecule has 1 aromatic rings. The van der Waals surface area contributed by atoms with Crippen molar-refractivity contribution in [1.82, 2.24) is 9.88 Å². The molecule has 4 nitrogen and oxygen atoms in total. The summed E-state index contributed by atoms with van der Waals surface area (Å²) in [4.78, 5) is 10.9. The maximum Gasteiger partial charge on any atom is 0.221 e. The SMILES string of the molecule is CNC(=O)CCn1ccc(CN)c1. The number of carbonyl (C=O) groups is 1. The molecule has 1 amide bonds. The van der Waals surface area contributed by atoms with Crippen molar-refractivity contribution < 1.29 is 4.79 Å². The van der Waals surface area contributed by atoms with Gasteiger partial charge in [0.15, 0.2) is 0 Å². The second-order valence-corrected chi connectivity index (χ2v) is 2.88. The number of nitrogens with two attached hydrogens (primary N) is 1. The largest absolute Gasteiger partial charge is 0.359 e. The fourth-order valence-electron chi connectivity index (χ4n) is 1.11. The molecule has 0 atom stereocenters. The maximum absolute atomic E-state index is 10.9. The Bertz CT molecular complexity index is 280. The van der Waals surface area contributed by atoms with Gasteiger partial charge < -0.3 is 15.6 Å². The summed E-state index contributed by atoms with van der Waals surface area (Å²) in [5.41, 5.74) is 6.55. The molecule has 0 aliphatic carbocycles. The minimum Gasteiger partial charge on any atom is -0.359 e. The number of nitrogens with one attached hydrogen (secondary N) is 1. The third-order valence-electron chi connectivity index (χ3n) is 1.92. The summed E-state index contributed by atoms with van der Waals surface area (Å²) < 4.78 is 1.97. The molecule has 1 heterocycles. The summed E-state index contributed by atoms with van der Waals surface area (Å²) in [6.07, 6.45) is 4.41. The Kier molecular flexibility index (Phi) is 3.52. The van der Waals surface area contributed by atoms with Crippen LogP contribution in [-0.2, 0) is 17.9 Å². The van der Waals surface area contributed by atoms with Crippen molar-refractivity contribution in [3.8, 4) is 0 Å². The first-order chi connectivity index (χ1) is 6.26. The Morgan fingerprint density at radius 3 is 3.00 bits per heavy atom. The lowest BCUT2D eigenvalue weighted by Gasteiger charge is -2.01. The Labute approximate surface area is 77.7 Å². The molecule has 1 rings (SSSR count). The van der Waals surface area contributed by atoms with Crippen LogP contribution < -0.4 is 11.1 Å². The smallest absolute Gasteiger partial charge is 0.221 e. The van der Waals surface area contributed by atoms with Gasteiger partial charge in [-0.25, -0.2) is 0 Å². The zero-order valence-corrected chi connectivity index (χ0v) is 7.79. The molecule has 72 valence electrons. The van der Waals surface area contributed by atoms with Gasteiger partial charge in [-0.15, -0.1) is 0 Å². The van der Waals surface area contributed by atoms with Gasteiger partial charge in [-0.05, 0) is 11.6 Å². The van der Waals surface area contributed by atoms with Crippen molar-refractivity contribution in [2.45, 2.75) is 19.5 Å². The van der Waals surface area contributed by atoms with Crippen LogP contribution in [0.15, 0.2) is 18.5 Å². The third-order valence-corrected chi connectivity index (χ3v) is 1.92. The summed E-state index contributed by atoms with van der Waals surface area (Å²) in [6.45, 7) is 1.26. The van der Waals surface area contributed by atoms with E-state index in [4.69, 9.17) is 5.73 Å². The molecular formula is C9H15N3O.